The Kier molecular flexibility index (Phi) is 25.4. The Morgan fingerprint density at radius 2 is 0.618 bits per heavy atom. The normalized spacial score (nSPS) is 15.3. The minimum Gasteiger partial charge on any atom is -0.302 e. The molecule has 2 unspecified atom stereocenters. The summed E-state index contributed by atoms with van der Waals surface area (Å²) >= 11 is 6.27. The summed E-state index contributed by atoms with van der Waals surface area (Å²) in [6.07, 6.45) is 18.6. The molecule has 0 bridgehead atoms. The number of hydrogen-bond donors (Lipinski definition) is 2. The van der Waals surface area contributed by atoms with E-state index in [9.17, 15) is 18.9 Å². The molecule has 2 atom stereocenters. The quantitative estimate of drug-likeness (QED) is 0.0515. The number of phosphoric ester groups is 2. The maximum atomic E-state index is 11.5. The van der Waals surface area contributed by atoms with Crippen LogP contribution in [0.2, 0.25) is 0 Å². The molecule has 0 rings (SSSR count). The van der Waals surface area contributed by atoms with Crippen LogP contribution >= 0.6 is 47.5 Å². The summed E-state index contributed by atoms with van der Waals surface area (Å²) in [7, 11) is -7.73. The van der Waals surface area contributed by atoms with Gasteiger partial charge in [-0.25, -0.2) is 9.13 Å². The first-order valence-electron chi connectivity index (χ1n) is 12.7. The second-order valence-corrected chi connectivity index (χ2v) is 12.8. The monoisotopic (exact) mass is 658 g/mol. The van der Waals surface area contributed by atoms with Crippen molar-refractivity contribution in [2.45, 2.75) is 103 Å². The fraction of sp³-hybridized carbons (Fsp3) is 1.00. The molecule has 0 spiro atoms. The van der Waals surface area contributed by atoms with Crippen LogP contribution in [-0.4, -0.2) is 46.9 Å². The summed E-state index contributed by atoms with van der Waals surface area (Å²) in [6, 6.07) is 0. The summed E-state index contributed by atoms with van der Waals surface area (Å²) in [5, 5.41) is 1.01. The smallest absolute Gasteiger partial charge is 0.302 e. The highest BCUT2D eigenvalue weighted by Crippen LogP contribution is 2.43. The van der Waals surface area contributed by atoms with Gasteiger partial charge in [0.15, 0.2) is 0 Å². The third-order valence-corrected chi connectivity index (χ3v) is 7.89. The lowest BCUT2D eigenvalue weighted by molar-refractivity contribution is 0.152. The van der Waals surface area contributed by atoms with Crippen LogP contribution in [-0.2, 0) is 27.2 Å². The summed E-state index contributed by atoms with van der Waals surface area (Å²) in [5.74, 6) is 0. The molecule has 2 N–H and O–H groups in total. The lowest BCUT2D eigenvalue weighted by Gasteiger charge is -2.11. The molecule has 0 saturated heterocycles. The Morgan fingerprint density at radius 1 is 0.412 bits per heavy atom. The van der Waals surface area contributed by atoms with Crippen molar-refractivity contribution < 1.29 is 37.0 Å². The maximum Gasteiger partial charge on any atom is 0.472 e. The van der Waals surface area contributed by atoms with Gasteiger partial charge in [-0.2, -0.15) is 0 Å². The highest BCUT2D eigenvalue weighted by atomic mass is 79.9. The van der Waals surface area contributed by atoms with Gasteiger partial charge < -0.3 is 9.79 Å². The molecular formula is C22H46Br2O8P2. The fourth-order valence-electron chi connectivity index (χ4n) is 3.41. The summed E-state index contributed by atoms with van der Waals surface area (Å²) < 4.78 is 42.3. The van der Waals surface area contributed by atoms with E-state index < -0.39 is 15.6 Å². The molecule has 206 valence electrons. The van der Waals surface area contributed by atoms with Crippen LogP contribution in [0.5, 0.6) is 0 Å². The lowest BCUT2D eigenvalue weighted by Crippen LogP contribution is -1.99. The van der Waals surface area contributed by atoms with Gasteiger partial charge in [-0.15, -0.1) is 0 Å². The van der Waals surface area contributed by atoms with Crippen molar-refractivity contribution in [3.05, 3.63) is 0 Å². The summed E-state index contributed by atoms with van der Waals surface area (Å²) in [5.41, 5.74) is 0. The van der Waals surface area contributed by atoms with Crippen molar-refractivity contribution in [3.63, 3.8) is 0 Å². The number of rotatable bonds is 27. The van der Waals surface area contributed by atoms with Crippen molar-refractivity contribution in [3.8, 4) is 0 Å². The highest BCUT2D eigenvalue weighted by Gasteiger charge is 2.20. The predicted octanol–water partition coefficient (Wildman–Crippen LogP) is 8.29. The zero-order valence-electron chi connectivity index (χ0n) is 20.6. The predicted molar refractivity (Wildman–Crippen MR) is 145 cm³/mol. The van der Waals surface area contributed by atoms with E-state index in [4.69, 9.17) is 18.1 Å². The average Bonchev–Trinajstić information content (AvgIpc) is 2.80. The SMILES string of the molecule is O=P(O)(OCCBr)OCCCCCCCCCCCCCCCCCCOP(=O)(O)OCCBr. The molecule has 0 aliphatic carbocycles. The Hall–Kier alpha value is 1.18. The van der Waals surface area contributed by atoms with Gasteiger partial charge in [-0.05, 0) is 12.8 Å². The fourth-order valence-corrected chi connectivity index (χ4v) is 5.75. The van der Waals surface area contributed by atoms with E-state index in [1.165, 1.54) is 64.2 Å². The highest BCUT2D eigenvalue weighted by molar-refractivity contribution is 9.09. The molecule has 0 aromatic carbocycles. The molecule has 12 heteroatoms. The number of phosphoric acid groups is 2. The minimum absolute atomic E-state index is 0.165. The van der Waals surface area contributed by atoms with Crippen molar-refractivity contribution in [1.82, 2.24) is 0 Å². The van der Waals surface area contributed by atoms with E-state index in [2.05, 4.69) is 31.9 Å². The Labute approximate surface area is 223 Å². The Bertz CT molecular complexity index is 497. The van der Waals surface area contributed by atoms with Crippen LogP contribution in [0, 0.1) is 0 Å². The largest absolute Gasteiger partial charge is 0.472 e. The van der Waals surface area contributed by atoms with E-state index in [0.29, 0.717) is 10.7 Å². The Balaban J connectivity index is 3.23. The number of hydrogen-bond acceptors (Lipinski definition) is 6. The molecule has 0 fully saturated rings. The third-order valence-electron chi connectivity index (χ3n) is 5.21. The second kappa shape index (κ2) is 24.5. The summed E-state index contributed by atoms with van der Waals surface area (Å²) in [4.78, 5) is 18.8. The lowest BCUT2D eigenvalue weighted by atomic mass is 10.0. The van der Waals surface area contributed by atoms with Gasteiger partial charge in [0.1, 0.15) is 0 Å². The number of alkyl halides is 2. The molecule has 34 heavy (non-hydrogen) atoms. The zero-order chi connectivity index (χ0) is 25.4. The van der Waals surface area contributed by atoms with Gasteiger partial charge in [0, 0.05) is 10.7 Å². The molecule has 0 aromatic heterocycles. The van der Waals surface area contributed by atoms with Gasteiger partial charge in [-0.3, -0.25) is 18.1 Å². The number of unbranched alkanes of at least 4 members (excludes halogenated alkanes) is 15. The van der Waals surface area contributed by atoms with E-state index in [1.807, 2.05) is 0 Å². The molecule has 0 amide bonds. The zero-order valence-corrected chi connectivity index (χ0v) is 25.5. The molecule has 0 radical (unpaired) electrons. The van der Waals surface area contributed by atoms with Crippen LogP contribution in [0.15, 0.2) is 0 Å². The Morgan fingerprint density at radius 3 is 0.853 bits per heavy atom. The first-order valence-corrected chi connectivity index (χ1v) is 17.9. The maximum absolute atomic E-state index is 11.5. The summed E-state index contributed by atoms with van der Waals surface area (Å²) in [6.45, 7) is 0.867. The van der Waals surface area contributed by atoms with E-state index >= 15 is 0 Å². The van der Waals surface area contributed by atoms with Crippen LogP contribution in [0.1, 0.15) is 103 Å². The van der Waals surface area contributed by atoms with Crippen molar-refractivity contribution in [1.29, 1.82) is 0 Å². The number of halogens is 2. The van der Waals surface area contributed by atoms with Gasteiger partial charge in [-0.1, -0.05) is 122 Å². The molecule has 0 aliphatic heterocycles. The van der Waals surface area contributed by atoms with Crippen LogP contribution in [0.4, 0.5) is 0 Å². The van der Waals surface area contributed by atoms with E-state index in [-0.39, 0.29) is 26.4 Å². The van der Waals surface area contributed by atoms with Crippen LogP contribution in [0.25, 0.3) is 0 Å². The minimum atomic E-state index is -3.87. The van der Waals surface area contributed by atoms with Crippen molar-refractivity contribution >= 4 is 47.5 Å². The molecule has 0 heterocycles. The van der Waals surface area contributed by atoms with Crippen molar-refractivity contribution in [2.24, 2.45) is 0 Å². The molecule has 0 aromatic rings. The first kappa shape index (κ1) is 35.2. The topological polar surface area (TPSA) is 112 Å². The molecule has 0 aliphatic rings. The molecule has 0 saturated carbocycles. The van der Waals surface area contributed by atoms with Gasteiger partial charge >= 0.3 is 15.6 Å². The van der Waals surface area contributed by atoms with Crippen molar-refractivity contribution in [2.75, 3.05) is 37.1 Å². The van der Waals surface area contributed by atoms with Crippen LogP contribution < -0.4 is 0 Å². The van der Waals surface area contributed by atoms with E-state index in [1.54, 1.807) is 0 Å². The first-order chi connectivity index (χ1) is 16.3. The van der Waals surface area contributed by atoms with Gasteiger partial charge in [0.05, 0.1) is 26.4 Å². The molecular weight excluding hydrogens is 614 g/mol. The third kappa shape index (κ3) is 26.2. The van der Waals surface area contributed by atoms with E-state index in [0.717, 1.165) is 38.5 Å². The van der Waals surface area contributed by atoms with Gasteiger partial charge in [0.2, 0.25) is 0 Å². The average molecular weight is 660 g/mol. The standard InChI is InChI=1S/C22H46Br2O8P2/c23-17-21-31-33(25,26)29-19-15-13-11-9-7-5-3-1-2-4-6-8-10-12-14-16-20-30-34(27,28)32-22-18-24/h1-22H2,(H,25,26)(H,27,28). The second-order valence-electron chi connectivity index (χ2n) is 8.30. The molecule has 8 nitrogen and oxygen atoms in total. The van der Waals surface area contributed by atoms with Crippen LogP contribution in [0.3, 0.4) is 0 Å². The van der Waals surface area contributed by atoms with Gasteiger partial charge in [0.25, 0.3) is 0 Å².